The van der Waals surface area contributed by atoms with Crippen molar-refractivity contribution in [2.24, 2.45) is 0 Å². The van der Waals surface area contributed by atoms with Crippen molar-refractivity contribution in [1.29, 1.82) is 0 Å². The second kappa shape index (κ2) is 8.13. The first-order chi connectivity index (χ1) is 12.9. The van der Waals surface area contributed by atoms with Crippen LogP contribution < -0.4 is 10.2 Å². The van der Waals surface area contributed by atoms with Crippen molar-refractivity contribution < 1.29 is 19.1 Å². The Bertz CT molecular complexity index is 780. The van der Waals surface area contributed by atoms with Gasteiger partial charge in [0.1, 0.15) is 10.7 Å². The molecule has 1 aromatic rings. The zero-order valence-corrected chi connectivity index (χ0v) is 16.2. The summed E-state index contributed by atoms with van der Waals surface area (Å²) in [5.74, 6) is -1.47. The first-order valence-corrected chi connectivity index (χ1v) is 9.62. The third kappa shape index (κ3) is 4.16. The first-order valence-electron chi connectivity index (χ1n) is 9.24. The first kappa shape index (κ1) is 19.4. The van der Waals surface area contributed by atoms with Crippen LogP contribution in [0.5, 0.6) is 0 Å². The standard InChI is InChI=1S/C20H23ClN2O4/c1-12(2)27-20(26)13-8-10-15(11-9-13)23-18(24)16(21)17(19(23)25)22-14-6-4-3-5-7-14/h8-12,14,22H,3-7H2,1-2H3. The lowest BCUT2D eigenvalue weighted by Crippen LogP contribution is -2.37. The van der Waals surface area contributed by atoms with E-state index in [1.807, 2.05) is 0 Å². The number of amides is 2. The fourth-order valence-corrected chi connectivity index (χ4v) is 3.56. The van der Waals surface area contributed by atoms with Gasteiger partial charge in [-0.05, 0) is 51.0 Å². The lowest BCUT2D eigenvalue weighted by atomic mass is 9.95. The minimum absolute atomic E-state index is 0.0890. The van der Waals surface area contributed by atoms with E-state index in [0.29, 0.717) is 11.3 Å². The van der Waals surface area contributed by atoms with Crippen molar-refractivity contribution in [3.63, 3.8) is 0 Å². The Balaban J connectivity index is 1.75. The highest BCUT2D eigenvalue weighted by atomic mass is 35.5. The molecule has 1 aliphatic heterocycles. The molecule has 6 nitrogen and oxygen atoms in total. The molecule has 0 spiro atoms. The van der Waals surface area contributed by atoms with Gasteiger partial charge in [0.2, 0.25) is 0 Å². The molecule has 1 saturated carbocycles. The normalized spacial score (nSPS) is 18.4. The molecule has 0 atom stereocenters. The van der Waals surface area contributed by atoms with Crippen LogP contribution in [0.25, 0.3) is 0 Å². The SMILES string of the molecule is CC(C)OC(=O)c1ccc(N2C(=O)C(Cl)=C(NC3CCCCC3)C2=O)cc1. The van der Waals surface area contributed by atoms with E-state index in [4.69, 9.17) is 16.3 Å². The van der Waals surface area contributed by atoms with E-state index >= 15 is 0 Å². The van der Waals surface area contributed by atoms with Crippen LogP contribution in [0.3, 0.4) is 0 Å². The Kier molecular flexibility index (Phi) is 5.85. The maximum atomic E-state index is 12.8. The number of esters is 1. The van der Waals surface area contributed by atoms with Crippen LogP contribution in [-0.2, 0) is 14.3 Å². The van der Waals surface area contributed by atoms with E-state index in [2.05, 4.69) is 5.32 Å². The van der Waals surface area contributed by atoms with Crippen molar-refractivity contribution in [3.8, 4) is 0 Å². The highest BCUT2D eigenvalue weighted by molar-refractivity contribution is 6.52. The number of anilines is 1. The topological polar surface area (TPSA) is 75.7 Å². The molecule has 1 heterocycles. The van der Waals surface area contributed by atoms with Gasteiger partial charge in [-0.2, -0.15) is 0 Å². The molecule has 2 amide bonds. The molecule has 1 N–H and O–H groups in total. The van der Waals surface area contributed by atoms with Gasteiger partial charge < -0.3 is 10.1 Å². The Morgan fingerprint density at radius 3 is 2.33 bits per heavy atom. The van der Waals surface area contributed by atoms with Crippen molar-refractivity contribution in [3.05, 3.63) is 40.6 Å². The molecule has 144 valence electrons. The van der Waals surface area contributed by atoms with E-state index in [0.717, 1.165) is 30.6 Å². The van der Waals surface area contributed by atoms with Gasteiger partial charge in [0.25, 0.3) is 11.8 Å². The summed E-state index contributed by atoms with van der Waals surface area (Å²) >= 11 is 6.16. The number of halogens is 1. The Labute approximate surface area is 163 Å². The molecule has 7 heteroatoms. The van der Waals surface area contributed by atoms with Gasteiger partial charge in [0.15, 0.2) is 0 Å². The molecular formula is C20H23ClN2O4. The van der Waals surface area contributed by atoms with Gasteiger partial charge in [0, 0.05) is 6.04 Å². The number of nitrogens with one attached hydrogen (secondary N) is 1. The van der Waals surface area contributed by atoms with Crippen LogP contribution in [0.15, 0.2) is 35.0 Å². The summed E-state index contributed by atoms with van der Waals surface area (Å²) in [4.78, 5) is 38.3. The predicted octanol–water partition coefficient (Wildman–Crippen LogP) is 3.50. The number of benzene rings is 1. The molecule has 0 saturated heterocycles. The van der Waals surface area contributed by atoms with Crippen LogP contribution in [0, 0.1) is 0 Å². The number of nitrogens with zero attached hydrogens (tertiary/aromatic N) is 1. The molecule has 0 aromatic heterocycles. The summed E-state index contributed by atoms with van der Waals surface area (Å²) in [6.07, 6.45) is 5.08. The van der Waals surface area contributed by atoms with Gasteiger partial charge in [-0.3, -0.25) is 9.59 Å². The van der Waals surface area contributed by atoms with Crippen molar-refractivity contribution in [2.45, 2.75) is 58.1 Å². The van der Waals surface area contributed by atoms with E-state index < -0.39 is 17.8 Å². The molecule has 0 radical (unpaired) electrons. The second-order valence-electron chi connectivity index (χ2n) is 7.11. The molecular weight excluding hydrogens is 368 g/mol. The summed E-state index contributed by atoms with van der Waals surface area (Å²) in [5, 5.41) is 3.07. The summed E-state index contributed by atoms with van der Waals surface area (Å²) in [6, 6.07) is 6.30. The average Bonchev–Trinajstić information content (AvgIpc) is 2.86. The maximum absolute atomic E-state index is 12.8. The molecule has 0 unspecified atom stereocenters. The fourth-order valence-electron chi connectivity index (χ4n) is 3.34. The van der Waals surface area contributed by atoms with Crippen molar-refractivity contribution in [2.75, 3.05) is 4.90 Å². The maximum Gasteiger partial charge on any atom is 0.338 e. The van der Waals surface area contributed by atoms with Crippen LogP contribution in [0.4, 0.5) is 5.69 Å². The molecule has 27 heavy (non-hydrogen) atoms. The number of ether oxygens (including phenoxy) is 1. The van der Waals surface area contributed by atoms with Crippen LogP contribution in [-0.4, -0.2) is 29.9 Å². The Morgan fingerprint density at radius 1 is 1.11 bits per heavy atom. The number of carbonyl (C=O) groups is 3. The highest BCUT2D eigenvalue weighted by Crippen LogP contribution is 2.30. The Morgan fingerprint density at radius 2 is 1.74 bits per heavy atom. The number of hydrogen-bond acceptors (Lipinski definition) is 5. The van der Waals surface area contributed by atoms with Crippen LogP contribution >= 0.6 is 11.6 Å². The molecule has 1 aromatic carbocycles. The lowest BCUT2D eigenvalue weighted by molar-refractivity contribution is -0.120. The molecule has 1 aliphatic carbocycles. The van der Waals surface area contributed by atoms with Gasteiger partial charge in [0.05, 0.1) is 17.4 Å². The van der Waals surface area contributed by atoms with Crippen LogP contribution in [0.1, 0.15) is 56.3 Å². The lowest BCUT2D eigenvalue weighted by Gasteiger charge is -2.24. The summed E-state index contributed by atoms with van der Waals surface area (Å²) in [5.41, 5.74) is 0.882. The van der Waals surface area contributed by atoms with E-state index in [1.165, 1.54) is 18.6 Å². The monoisotopic (exact) mass is 390 g/mol. The zero-order chi connectivity index (χ0) is 19.6. The zero-order valence-electron chi connectivity index (χ0n) is 15.5. The number of imide groups is 1. The molecule has 3 rings (SSSR count). The number of hydrogen-bond donors (Lipinski definition) is 1. The van der Waals surface area contributed by atoms with Gasteiger partial charge in [-0.1, -0.05) is 30.9 Å². The van der Waals surface area contributed by atoms with Crippen molar-refractivity contribution >= 4 is 35.1 Å². The highest BCUT2D eigenvalue weighted by Gasteiger charge is 2.39. The average molecular weight is 391 g/mol. The third-order valence-electron chi connectivity index (χ3n) is 4.68. The number of rotatable bonds is 5. The molecule has 1 fully saturated rings. The summed E-state index contributed by atoms with van der Waals surface area (Å²) in [7, 11) is 0. The van der Waals surface area contributed by atoms with E-state index in [-0.39, 0.29) is 22.9 Å². The van der Waals surface area contributed by atoms with E-state index in [9.17, 15) is 14.4 Å². The third-order valence-corrected chi connectivity index (χ3v) is 5.04. The largest absolute Gasteiger partial charge is 0.459 e. The quantitative estimate of drug-likeness (QED) is 0.615. The summed E-state index contributed by atoms with van der Waals surface area (Å²) in [6.45, 7) is 3.53. The molecule has 2 aliphatic rings. The minimum Gasteiger partial charge on any atom is -0.459 e. The van der Waals surface area contributed by atoms with E-state index in [1.54, 1.807) is 26.0 Å². The van der Waals surface area contributed by atoms with Gasteiger partial charge in [-0.25, -0.2) is 9.69 Å². The minimum atomic E-state index is -0.558. The van der Waals surface area contributed by atoms with Gasteiger partial charge >= 0.3 is 5.97 Å². The fraction of sp³-hybridized carbons (Fsp3) is 0.450. The number of carbonyl (C=O) groups excluding carboxylic acids is 3. The predicted molar refractivity (Wildman–Crippen MR) is 102 cm³/mol. The Hall–Kier alpha value is -2.34. The smallest absolute Gasteiger partial charge is 0.338 e. The second-order valence-corrected chi connectivity index (χ2v) is 7.49. The summed E-state index contributed by atoms with van der Waals surface area (Å²) < 4.78 is 5.14. The molecule has 0 bridgehead atoms. The van der Waals surface area contributed by atoms with Gasteiger partial charge in [-0.15, -0.1) is 0 Å². The van der Waals surface area contributed by atoms with Crippen molar-refractivity contribution in [1.82, 2.24) is 5.32 Å². The van der Waals surface area contributed by atoms with Crippen LogP contribution in [0.2, 0.25) is 0 Å².